The second-order valence-corrected chi connectivity index (χ2v) is 6.69. The van der Waals surface area contributed by atoms with E-state index in [4.69, 9.17) is 23.2 Å². The van der Waals surface area contributed by atoms with Gasteiger partial charge in [-0.15, -0.1) is 0 Å². The Labute approximate surface area is 157 Å². The van der Waals surface area contributed by atoms with Crippen LogP contribution in [0.5, 0.6) is 0 Å². The lowest BCUT2D eigenvalue weighted by atomic mass is 10.1. The fourth-order valence-corrected chi connectivity index (χ4v) is 3.20. The Hall–Kier alpha value is -2.48. The molecule has 25 heavy (non-hydrogen) atoms. The van der Waals surface area contributed by atoms with Crippen LogP contribution in [-0.4, -0.2) is 0 Å². The van der Waals surface area contributed by atoms with E-state index in [1.807, 2.05) is 48.5 Å². The largest absolute Gasteiger partial charge is 0.310 e. The minimum Gasteiger partial charge on any atom is -0.310 e. The van der Waals surface area contributed by atoms with Crippen LogP contribution >= 0.6 is 23.2 Å². The van der Waals surface area contributed by atoms with Gasteiger partial charge in [0.2, 0.25) is 0 Å². The Bertz CT molecular complexity index is 963. The highest BCUT2D eigenvalue weighted by molar-refractivity contribution is 6.31. The average molecular weight is 364 g/mol. The van der Waals surface area contributed by atoms with Gasteiger partial charge in [-0.05, 0) is 71.4 Å². The van der Waals surface area contributed by atoms with Crippen molar-refractivity contribution in [1.29, 1.82) is 0 Å². The van der Waals surface area contributed by atoms with Gasteiger partial charge >= 0.3 is 0 Å². The van der Waals surface area contributed by atoms with E-state index in [-0.39, 0.29) is 0 Å². The maximum Gasteiger partial charge on any atom is 0.0468 e. The third kappa shape index (κ3) is 3.34. The summed E-state index contributed by atoms with van der Waals surface area (Å²) in [4.78, 5) is 2.19. The second kappa shape index (κ2) is 6.79. The molecule has 0 aliphatic rings. The van der Waals surface area contributed by atoms with E-state index < -0.39 is 0 Å². The van der Waals surface area contributed by atoms with E-state index in [1.165, 1.54) is 10.8 Å². The van der Waals surface area contributed by atoms with Crippen molar-refractivity contribution in [2.75, 3.05) is 4.90 Å². The molecule has 0 spiro atoms. The monoisotopic (exact) mass is 363 g/mol. The summed E-state index contributed by atoms with van der Waals surface area (Å²) in [7, 11) is 0. The van der Waals surface area contributed by atoms with Gasteiger partial charge in [0, 0.05) is 27.1 Å². The van der Waals surface area contributed by atoms with Gasteiger partial charge in [-0.1, -0.05) is 53.5 Å². The fraction of sp³-hybridized carbons (Fsp3) is 0. The molecule has 4 aromatic carbocycles. The third-order valence-corrected chi connectivity index (χ3v) is 4.66. The highest BCUT2D eigenvalue weighted by Crippen LogP contribution is 2.36. The highest BCUT2D eigenvalue weighted by Gasteiger charge is 2.12. The molecule has 0 aliphatic carbocycles. The van der Waals surface area contributed by atoms with Crippen LogP contribution in [0.15, 0.2) is 91.0 Å². The molecule has 0 aliphatic heterocycles. The number of rotatable bonds is 3. The van der Waals surface area contributed by atoms with Crippen LogP contribution in [0.4, 0.5) is 17.1 Å². The Morgan fingerprint density at radius 3 is 1.52 bits per heavy atom. The molecular weight excluding hydrogens is 349 g/mol. The van der Waals surface area contributed by atoms with Crippen LogP contribution in [0.3, 0.4) is 0 Å². The predicted molar refractivity (Wildman–Crippen MR) is 109 cm³/mol. The molecule has 0 fully saturated rings. The van der Waals surface area contributed by atoms with Crippen molar-refractivity contribution in [1.82, 2.24) is 0 Å². The quantitative estimate of drug-likeness (QED) is 0.361. The average Bonchev–Trinajstić information content (AvgIpc) is 2.65. The van der Waals surface area contributed by atoms with Gasteiger partial charge in [-0.3, -0.25) is 0 Å². The number of anilines is 3. The summed E-state index contributed by atoms with van der Waals surface area (Å²) >= 11 is 12.1. The first kappa shape index (κ1) is 16.0. The fourth-order valence-electron chi connectivity index (χ4n) is 2.94. The second-order valence-electron chi connectivity index (χ2n) is 5.82. The van der Waals surface area contributed by atoms with Crippen LogP contribution in [0.2, 0.25) is 10.0 Å². The first-order valence-corrected chi connectivity index (χ1v) is 8.76. The van der Waals surface area contributed by atoms with Gasteiger partial charge in [0.15, 0.2) is 0 Å². The molecule has 0 N–H and O–H groups in total. The first-order chi connectivity index (χ1) is 12.2. The van der Waals surface area contributed by atoms with E-state index in [0.717, 1.165) is 27.1 Å². The van der Waals surface area contributed by atoms with E-state index in [0.29, 0.717) is 0 Å². The zero-order chi connectivity index (χ0) is 17.2. The molecule has 0 amide bonds. The lowest BCUT2D eigenvalue weighted by Gasteiger charge is -2.26. The molecule has 1 nitrogen and oxygen atoms in total. The van der Waals surface area contributed by atoms with Crippen LogP contribution in [-0.2, 0) is 0 Å². The van der Waals surface area contributed by atoms with Crippen LogP contribution in [0, 0.1) is 0 Å². The Morgan fingerprint density at radius 1 is 0.480 bits per heavy atom. The molecule has 4 rings (SSSR count). The number of nitrogens with zero attached hydrogens (tertiary/aromatic N) is 1. The van der Waals surface area contributed by atoms with Gasteiger partial charge < -0.3 is 4.90 Å². The molecule has 0 bridgehead atoms. The van der Waals surface area contributed by atoms with Crippen molar-refractivity contribution in [2.24, 2.45) is 0 Å². The maximum absolute atomic E-state index is 6.07. The van der Waals surface area contributed by atoms with Gasteiger partial charge in [0.1, 0.15) is 0 Å². The predicted octanol–water partition coefficient (Wildman–Crippen LogP) is 7.62. The van der Waals surface area contributed by atoms with Crippen LogP contribution in [0.1, 0.15) is 0 Å². The van der Waals surface area contributed by atoms with Crippen molar-refractivity contribution in [3.63, 3.8) is 0 Å². The van der Waals surface area contributed by atoms with Crippen LogP contribution < -0.4 is 4.90 Å². The van der Waals surface area contributed by atoms with Crippen molar-refractivity contribution >= 4 is 51.0 Å². The summed E-state index contributed by atoms with van der Waals surface area (Å²) in [5.74, 6) is 0. The molecule has 0 heterocycles. The number of fused-ring (bicyclic) bond motifs is 1. The minimum atomic E-state index is 0.721. The summed E-state index contributed by atoms with van der Waals surface area (Å²) in [5, 5.41) is 3.86. The van der Waals surface area contributed by atoms with Crippen LogP contribution in [0.25, 0.3) is 10.8 Å². The normalized spacial score (nSPS) is 10.8. The van der Waals surface area contributed by atoms with E-state index in [2.05, 4.69) is 47.4 Å². The first-order valence-electron chi connectivity index (χ1n) is 8.01. The van der Waals surface area contributed by atoms with Gasteiger partial charge in [-0.25, -0.2) is 0 Å². The summed E-state index contributed by atoms with van der Waals surface area (Å²) < 4.78 is 0. The molecule has 0 aromatic heterocycles. The molecule has 0 saturated heterocycles. The molecule has 122 valence electrons. The van der Waals surface area contributed by atoms with Crippen molar-refractivity contribution in [3.8, 4) is 0 Å². The summed E-state index contributed by atoms with van der Waals surface area (Å²) in [6, 6.07) is 30.5. The molecular formula is C22H15Cl2N. The van der Waals surface area contributed by atoms with E-state index >= 15 is 0 Å². The topological polar surface area (TPSA) is 3.24 Å². The Kier molecular flexibility index (Phi) is 4.35. The van der Waals surface area contributed by atoms with Crippen molar-refractivity contribution in [2.45, 2.75) is 0 Å². The summed E-state index contributed by atoms with van der Waals surface area (Å²) in [5.41, 5.74) is 3.17. The SMILES string of the molecule is Clc1ccc(N(c2ccc(Cl)cc2)c2ccc3ccccc3c2)cc1. The number of hydrogen-bond acceptors (Lipinski definition) is 1. The number of hydrogen-bond donors (Lipinski definition) is 0. The molecule has 0 radical (unpaired) electrons. The molecule has 0 unspecified atom stereocenters. The maximum atomic E-state index is 6.07. The lowest BCUT2D eigenvalue weighted by Crippen LogP contribution is -2.09. The zero-order valence-electron chi connectivity index (χ0n) is 13.4. The summed E-state index contributed by atoms with van der Waals surface area (Å²) in [6.45, 7) is 0. The number of halogens is 2. The van der Waals surface area contributed by atoms with E-state index in [1.54, 1.807) is 0 Å². The minimum absolute atomic E-state index is 0.721. The van der Waals surface area contributed by atoms with E-state index in [9.17, 15) is 0 Å². The Balaban J connectivity index is 1.88. The smallest absolute Gasteiger partial charge is 0.0468 e. The standard InChI is InChI=1S/C22H15Cl2N/c23-18-6-11-20(12-7-18)25(21-13-8-19(24)9-14-21)22-10-5-16-3-1-2-4-17(16)15-22/h1-15H. The summed E-state index contributed by atoms with van der Waals surface area (Å²) in [6.07, 6.45) is 0. The Morgan fingerprint density at radius 2 is 0.960 bits per heavy atom. The van der Waals surface area contributed by atoms with Crippen molar-refractivity contribution in [3.05, 3.63) is 101 Å². The molecule has 3 heteroatoms. The third-order valence-electron chi connectivity index (χ3n) is 4.16. The molecule has 0 saturated carbocycles. The number of benzene rings is 4. The molecule has 4 aromatic rings. The van der Waals surface area contributed by atoms with Gasteiger partial charge in [0.05, 0.1) is 0 Å². The van der Waals surface area contributed by atoms with Crippen molar-refractivity contribution < 1.29 is 0 Å². The highest BCUT2D eigenvalue weighted by atomic mass is 35.5. The zero-order valence-corrected chi connectivity index (χ0v) is 14.9. The molecule has 0 atom stereocenters. The van der Waals surface area contributed by atoms with Gasteiger partial charge in [-0.2, -0.15) is 0 Å². The van der Waals surface area contributed by atoms with Gasteiger partial charge in [0.25, 0.3) is 0 Å². The lowest BCUT2D eigenvalue weighted by molar-refractivity contribution is 1.29.